The van der Waals surface area contributed by atoms with Gasteiger partial charge < -0.3 is 15.0 Å². The first-order valence-electron chi connectivity index (χ1n) is 6.61. The average Bonchev–Trinajstić information content (AvgIpc) is 2.80. The lowest BCUT2D eigenvalue weighted by Gasteiger charge is -2.16. The van der Waals surface area contributed by atoms with Crippen molar-refractivity contribution in [3.63, 3.8) is 0 Å². The molecule has 2 rings (SSSR count). The van der Waals surface area contributed by atoms with Gasteiger partial charge in [-0.15, -0.1) is 0 Å². The molecule has 0 spiro atoms. The number of nitrogens with one attached hydrogen (secondary N) is 1. The lowest BCUT2D eigenvalue weighted by molar-refractivity contribution is -0.139. The summed E-state index contributed by atoms with van der Waals surface area (Å²) in [6.07, 6.45) is 1.74. The Kier molecular flexibility index (Phi) is 4.12. The Morgan fingerprint density at radius 3 is 2.29 bits per heavy atom. The number of aryl methyl sites for hydroxylation is 3. The maximum absolute atomic E-state index is 12.2. The SMILES string of the molecule is Cc1cc(C)cc(C(NC(=O)c2cccn2C)C(=O)O)c1. The van der Waals surface area contributed by atoms with Crippen molar-refractivity contribution in [3.05, 3.63) is 58.9 Å². The molecule has 1 aromatic heterocycles. The molecule has 0 radical (unpaired) electrons. The molecule has 21 heavy (non-hydrogen) atoms. The zero-order valence-corrected chi connectivity index (χ0v) is 12.3. The van der Waals surface area contributed by atoms with Gasteiger partial charge in [-0.2, -0.15) is 0 Å². The number of aromatic nitrogens is 1. The Balaban J connectivity index is 2.30. The molecule has 1 aromatic carbocycles. The van der Waals surface area contributed by atoms with E-state index in [1.807, 2.05) is 19.9 Å². The molecular weight excluding hydrogens is 268 g/mol. The lowest BCUT2D eigenvalue weighted by Crippen LogP contribution is -2.34. The van der Waals surface area contributed by atoms with E-state index in [4.69, 9.17) is 0 Å². The molecule has 5 nitrogen and oxygen atoms in total. The second-order valence-electron chi connectivity index (χ2n) is 5.17. The summed E-state index contributed by atoms with van der Waals surface area (Å²) in [7, 11) is 1.74. The second kappa shape index (κ2) is 5.83. The van der Waals surface area contributed by atoms with Crippen molar-refractivity contribution < 1.29 is 14.7 Å². The van der Waals surface area contributed by atoms with Gasteiger partial charge in [0.2, 0.25) is 0 Å². The van der Waals surface area contributed by atoms with Crippen LogP contribution in [-0.4, -0.2) is 21.6 Å². The summed E-state index contributed by atoms with van der Waals surface area (Å²) >= 11 is 0. The van der Waals surface area contributed by atoms with Gasteiger partial charge in [-0.3, -0.25) is 4.79 Å². The molecule has 0 saturated heterocycles. The third-order valence-electron chi connectivity index (χ3n) is 3.28. The van der Waals surface area contributed by atoms with Crippen LogP contribution < -0.4 is 5.32 Å². The largest absolute Gasteiger partial charge is 0.479 e. The van der Waals surface area contributed by atoms with Crippen LogP contribution in [0.4, 0.5) is 0 Å². The Hall–Kier alpha value is -2.56. The van der Waals surface area contributed by atoms with Gasteiger partial charge in [0.05, 0.1) is 0 Å². The number of benzene rings is 1. The number of aliphatic carboxylic acids is 1. The third kappa shape index (κ3) is 3.31. The van der Waals surface area contributed by atoms with E-state index < -0.39 is 17.9 Å². The van der Waals surface area contributed by atoms with Gasteiger partial charge in [-0.1, -0.05) is 29.3 Å². The van der Waals surface area contributed by atoms with E-state index in [1.165, 1.54) is 0 Å². The molecule has 1 unspecified atom stereocenters. The average molecular weight is 286 g/mol. The number of carbonyl (C=O) groups is 2. The van der Waals surface area contributed by atoms with E-state index in [0.717, 1.165) is 11.1 Å². The minimum atomic E-state index is -1.08. The normalized spacial score (nSPS) is 12.0. The molecule has 0 aliphatic carbocycles. The molecular formula is C16H18N2O3. The second-order valence-corrected chi connectivity index (χ2v) is 5.17. The monoisotopic (exact) mass is 286 g/mol. The van der Waals surface area contributed by atoms with Crippen molar-refractivity contribution >= 4 is 11.9 Å². The van der Waals surface area contributed by atoms with Crippen LogP contribution >= 0.6 is 0 Å². The van der Waals surface area contributed by atoms with Crippen LogP contribution in [-0.2, 0) is 11.8 Å². The van der Waals surface area contributed by atoms with Crippen LogP contribution in [0.3, 0.4) is 0 Å². The van der Waals surface area contributed by atoms with Crippen molar-refractivity contribution in [1.82, 2.24) is 9.88 Å². The van der Waals surface area contributed by atoms with Crippen molar-refractivity contribution in [3.8, 4) is 0 Å². The summed E-state index contributed by atoms with van der Waals surface area (Å²) in [5.41, 5.74) is 2.92. The number of carboxylic acid groups (broad SMARTS) is 1. The first kappa shape index (κ1) is 14.8. The fourth-order valence-electron chi connectivity index (χ4n) is 2.37. The number of nitrogens with zero attached hydrogens (tertiary/aromatic N) is 1. The highest BCUT2D eigenvalue weighted by Gasteiger charge is 2.23. The number of carboxylic acids is 1. The predicted molar refractivity (Wildman–Crippen MR) is 79.2 cm³/mol. The van der Waals surface area contributed by atoms with E-state index in [1.54, 1.807) is 42.1 Å². The van der Waals surface area contributed by atoms with Gasteiger partial charge in [0, 0.05) is 13.2 Å². The summed E-state index contributed by atoms with van der Waals surface area (Å²) in [5.74, 6) is -1.49. The van der Waals surface area contributed by atoms with Gasteiger partial charge >= 0.3 is 5.97 Å². The Morgan fingerprint density at radius 2 is 1.81 bits per heavy atom. The summed E-state index contributed by atoms with van der Waals surface area (Å²) < 4.78 is 1.65. The van der Waals surface area contributed by atoms with Crippen LogP contribution in [0, 0.1) is 13.8 Å². The van der Waals surface area contributed by atoms with Crippen LogP contribution in [0.1, 0.15) is 33.2 Å². The van der Waals surface area contributed by atoms with E-state index >= 15 is 0 Å². The maximum atomic E-state index is 12.2. The molecule has 0 fully saturated rings. The first-order chi connectivity index (χ1) is 9.88. The fraction of sp³-hybridized carbons (Fsp3) is 0.250. The van der Waals surface area contributed by atoms with E-state index in [-0.39, 0.29) is 0 Å². The number of amides is 1. The van der Waals surface area contributed by atoms with Crippen molar-refractivity contribution in [2.45, 2.75) is 19.9 Å². The van der Waals surface area contributed by atoms with Crippen molar-refractivity contribution in [2.24, 2.45) is 7.05 Å². The minimum Gasteiger partial charge on any atom is -0.479 e. The number of carbonyl (C=O) groups excluding carboxylic acids is 1. The maximum Gasteiger partial charge on any atom is 0.330 e. The molecule has 0 aliphatic rings. The van der Waals surface area contributed by atoms with Crippen LogP contribution in [0.15, 0.2) is 36.5 Å². The quantitative estimate of drug-likeness (QED) is 0.905. The van der Waals surface area contributed by atoms with E-state index in [2.05, 4.69) is 5.32 Å². The van der Waals surface area contributed by atoms with Gasteiger partial charge in [-0.05, 0) is 31.5 Å². The molecule has 110 valence electrons. The fourth-order valence-corrected chi connectivity index (χ4v) is 2.37. The van der Waals surface area contributed by atoms with Gasteiger partial charge in [0.15, 0.2) is 6.04 Å². The van der Waals surface area contributed by atoms with Gasteiger partial charge in [0.1, 0.15) is 5.69 Å². The molecule has 0 bridgehead atoms. The Labute approximate surface area is 123 Å². The van der Waals surface area contributed by atoms with Gasteiger partial charge in [-0.25, -0.2) is 4.79 Å². The highest BCUT2D eigenvalue weighted by atomic mass is 16.4. The summed E-state index contributed by atoms with van der Waals surface area (Å²) in [6.45, 7) is 3.79. The number of hydrogen-bond donors (Lipinski definition) is 2. The highest BCUT2D eigenvalue weighted by Crippen LogP contribution is 2.18. The summed E-state index contributed by atoms with van der Waals surface area (Å²) in [4.78, 5) is 23.7. The topological polar surface area (TPSA) is 71.3 Å². The minimum absolute atomic E-state index is 0.408. The Morgan fingerprint density at radius 1 is 1.19 bits per heavy atom. The number of hydrogen-bond acceptors (Lipinski definition) is 2. The Bertz CT molecular complexity index is 668. The van der Waals surface area contributed by atoms with Crippen LogP contribution in [0.5, 0.6) is 0 Å². The lowest BCUT2D eigenvalue weighted by atomic mass is 10.0. The zero-order chi connectivity index (χ0) is 15.6. The van der Waals surface area contributed by atoms with Crippen molar-refractivity contribution in [2.75, 3.05) is 0 Å². The predicted octanol–water partition coefficient (Wildman–Crippen LogP) is 2.20. The van der Waals surface area contributed by atoms with E-state index in [0.29, 0.717) is 11.3 Å². The number of rotatable bonds is 4. The van der Waals surface area contributed by atoms with Crippen LogP contribution in [0.2, 0.25) is 0 Å². The third-order valence-corrected chi connectivity index (χ3v) is 3.28. The molecule has 2 aromatic rings. The summed E-state index contributed by atoms with van der Waals surface area (Å²) in [6, 6.07) is 7.83. The van der Waals surface area contributed by atoms with Crippen molar-refractivity contribution in [1.29, 1.82) is 0 Å². The molecule has 2 N–H and O–H groups in total. The highest BCUT2D eigenvalue weighted by molar-refractivity contribution is 5.95. The van der Waals surface area contributed by atoms with E-state index in [9.17, 15) is 14.7 Å². The molecule has 0 aliphatic heterocycles. The molecule has 5 heteroatoms. The first-order valence-corrected chi connectivity index (χ1v) is 6.61. The molecule has 0 saturated carbocycles. The molecule has 1 atom stereocenters. The smallest absolute Gasteiger partial charge is 0.330 e. The standard InChI is InChI=1S/C16H18N2O3/c1-10-7-11(2)9-12(8-10)14(16(20)21)17-15(19)13-5-4-6-18(13)3/h4-9,14H,1-3H3,(H,17,19)(H,20,21). The molecule has 1 amide bonds. The molecule has 1 heterocycles. The van der Waals surface area contributed by atoms with Crippen LogP contribution in [0.25, 0.3) is 0 Å². The summed E-state index contributed by atoms with van der Waals surface area (Å²) in [5, 5.41) is 12.0. The zero-order valence-electron chi connectivity index (χ0n) is 12.3. The van der Waals surface area contributed by atoms with Gasteiger partial charge in [0.25, 0.3) is 5.91 Å².